The number of nitrogens with one attached hydrogen (secondary N) is 2. The minimum absolute atomic E-state index is 0.0387. The first kappa shape index (κ1) is 15.0. The number of benzene rings is 1. The Morgan fingerprint density at radius 3 is 2.65 bits per heavy atom. The van der Waals surface area contributed by atoms with Gasteiger partial charge in [0, 0.05) is 0 Å². The first-order valence-electron chi connectivity index (χ1n) is 7.44. The van der Waals surface area contributed by atoms with E-state index in [1.165, 1.54) is 0 Å². The third-order valence-corrected chi connectivity index (χ3v) is 4.02. The van der Waals surface area contributed by atoms with Gasteiger partial charge in [-0.05, 0) is 37.9 Å². The lowest BCUT2D eigenvalue weighted by molar-refractivity contribution is -0.147. The van der Waals surface area contributed by atoms with Crippen LogP contribution in [0.2, 0.25) is 0 Å². The van der Waals surface area contributed by atoms with E-state index in [1.807, 2.05) is 30.3 Å². The number of hydrogen-bond acceptors (Lipinski definition) is 3. The Hall–Kier alpha value is -1.39. The fourth-order valence-corrected chi connectivity index (χ4v) is 2.84. The molecule has 110 valence electrons. The van der Waals surface area contributed by atoms with E-state index < -0.39 is 0 Å². The fraction of sp³-hybridized carbons (Fsp3) is 0.562. The Kier molecular flexibility index (Phi) is 5.56. The van der Waals surface area contributed by atoms with E-state index in [-0.39, 0.29) is 11.3 Å². The molecule has 4 heteroatoms. The predicted octanol–water partition coefficient (Wildman–Crippen LogP) is 2.40. The van der Waals surface area contributed by atoms with Gasteiger partial charge in [0.25, 0.3) is 0 Å². The van der Waals surface area contributed by atoms with Crippen LogP contribution in [0, 0.1) is 5.41 Å². The molecule has 0 atom stereocenters. The number of carbonyl (C=O) groups excluding carboxylic acids is 1. The van der Waals surface area contributed by atoms with Gasteiger partial charge in [0.05, 0.1) is 12.0 Å². The second kappa shape index (κ2) is 7.41. The molecule has 1 aromatic rings. The molecule has 2 rings (SSSR count). The van der Waals surface area contributed by atoms with E-state index in [0.717, 1.165) is 44.3 Å². The maximum Gasteiger partial charge on any atom is 0.249 e. The van der Waals surface area contributed by atoms with Crippen molar-refractivity contribution < 1.29 is 9.63 Å². The standard InChI is InChI=1S/C16H24N2O2/c1-2-8-16(9-11-17-12-10-16)15(19)18-20-13-14-6-4-3-5-7-14/h3-7,17H,2,8-13H2,1H3,(H,18,19). The van der Waals surface area contributed by atoms with Crippen molar-refractivity contribution in [2.24, 2.45) is 5.41 Å². The van der Waals surface area contributed by atoms with Crippen LogP contribution in [0.3, 0.4) is 0 Å². The van der Waals surface area contributed by atoms with Crippen LogP contribution in [-0.4, -0.2) is 19.0 Å². The number of piperidine rings is 1. The highest BCUT2D eigenvalue weighted by Crippen LogP contribution is 2.34. The zero-order valence-electron chi connectivity index (χ0n) is 12.2. The molecular formula is C16H24N2O2. The van der Waals surface area contributed by atoms with Gasteiger partial charge in [-0.3, -0.25) is 9.63 Å². The molecule has 0 spiro atoms. The van der Waals surface area contributed by atoms with Crippen molar-refractivity contribution in [3.8, 4) is 0 Å². The summed E-state index contributed by atoms with van der Waals surface area (Å²) in [4.78, 5) is 17.8. The summed E-state index contributed by atoms with van der Waals surface area (Å²) in [5, 5.41) is 3.31. The summed E-state index contributed by atoms with van der Waals surface area (Å²) in [7, 11) is 0. The van der Waals surface area contributed by atoms with Crippen molar-refractivity contribution in [2.75, 3.05) is 13.1 Å². The topological polar surface area (TPSA) is 50.4 Å². The van der Waals surface area contributed by atoms with Crippen LogP contribution < -0.4 is 10.8 Å². The normalized spacial score (nSPS) is 17.6. The number of hydroxylamine groups is 1. The maximum absolute atomic E-state index is 12.4. The molecule has 4 nitrogen and oxygen atoms in total. The molecule has 1 aliphatic rings. The Labute approximate surface area is 120 Å². The SMILES string of the molecule is CCCC1(C(=O)NOCc2ccccc2)CCNCC1. The van der Waals surface area contributed by atoms with Crippen LogP contribution in [0.5, 0.6) is 0 Å². The second-order valence-corrected chi connectivity index (χ2v) is 5.49. The minimum atomic E-state index is -0.253. The largest absolute Gasteiger partial charge is 0.317 e. The van der Waals surface area contributed by atoms with Crippen molar-refractivity contribution in [3.05, 3.63) is 35.9 Å². The molecule has 1 amide bonds. The van der Waals surface area contributed by atoms with Gasteiger partial charge >= 0.3 is 0 Å². The van der Waals surface area contributed by atoms with Crippen LogP contribution in [-0.2, 0) is 16.2 Å². The lowest BCUT2D eigenvalue weighted by atomic mass is 9.75. The fourth-order valence-electron chi connectivity index (χ4n) is 2.84. The molecule has 0 bridgehead atoms. The summed E-state index contributed by atoms with van der Waals surface area (Å²) < 4.78 is 0. The summed E-state index contributed by atoms with van der Waals surface area (Å²) in [5.74, 6) is 0.0387. The molecule has 2 N–H and O–H groups in total. The van der Waals surface area contributed by atoms with Crippen LogP contribution in [0.4, 0.5) is 0 Å². The van der Waals surface area contributed by atoms with Gasteiger partial charge in [-0.15, -0.1) is 0 Å². The number of rotatable bonds is 6. The molecule has 1 saturated heterocycles. The summed E-state index contributed by atoms with van der Waals surface area (Å²) in [5.41, 5.74) is 3.46. The van der Waals surface area contributed by atoms with Gasteiger partial charge in [0.2, 0.25) is 5.91 Å². The van der Waals surface area contributed by atoms with Crippen molar-refractivity contribution in [2.45, 2.75) is 39.2 Å². The third kappa shape index (κ3) is 3.81. The van der Waals surface area contributed by atoms with Crippen molar-refractivity contribution in [1.82, 2.24) is 10.8 Å². The van der Waals surface area contributed by atoms with Crippen LogP contribution >= 0.6 is 0 Å². The molecule has 0 radical (unpaired) electrons. The number of hydrogen-bond donors (Lipinski definition) is 2. The van der Waals surface area contributed by atoms with E-state index in [2.05, 4.69) is 17.7 Å². The molecule has 0 aliphatic carbocycles. The van der Waals surface area contributed by atoms with Crippen LogP contribution in [0.1, 0.15) is 38.2 Å². The Balaban J connectivity index is 1.85. The lowest BCUT2D eigenvalue weighted by Crippen LogP contribution is -2.47. The molecule has 1 aliphatic heterocycles. The predicted molar refractivity (Wildman–Crippen MR) is 78.8 cm³/mol. The number of carbonyl (C=O) groups is 1. The quantitative estimate of drug-likeness (QED) is 0.784. The molecular weight excluding hydrogens is 252 g/mol. The molecule has 20 heavy (non-hydrogen) atoms. The summed E-state index contributed by atoms with van der Waals surface area (Å²) in [6.45, 7) is 4.35. The molecule has 1 fully saturated rings. The Bertz CT molecular complexity index is 408. The molecule has 0 aromatic heterocycles. The van der Waals surface area contributed by atoms with Crippen LogP contribution in [0.15, 0.2) is 30.3 Å². The van der Waals surface area contributed by atoms with E-state index >= 15 is 0 Å². The van der Waals surface area contributed by atoms with E-state index in [1.54, 1.807) is 0 Å². The Morgan fingerprint density at radius 2 is 2.00 bits per heavy atom. The third-order valence-electron chi connectivity index (χ3n) is 4.02. The highest BCUT2D eigenvalue weighted by molar-refractivity contribution is 5.81. The highest BCUT2D eigenvalue weighted by atomic mass is 16.6. The van der Waals surface area contributed by atoms with Crippen molar-refractivity contribution in [1.29, 1.82) is 0 Å². The monoisotopic (exact) mass is 276 g/mol. The van der Waals surface area contributed by atoms with Gasteiger partial charge in [-0.2, -0.15) is 0 Å². The maximum atomic E-state index is 12.4. The van der Waals surface area contributed by atoms with E-state index in [9.17, 15) is 4.79 Å². The summed E-state index contributed by atoms with van der Waals surface area (Å²) in [6, 6.07) is 9.86. The van der Waals surface area contributed by atoms with Gasteiger partial charge < -0.3 is 5.32 Å². The van der Waals surface area contributed by atoms with E-state index in [0.29, 0.717) is 6.61 Å². The lowest BCUT2D eigenvalue weighted by Gasteiger charge is -2.35. The average molecular weight is 276 g/mol. The van der Waals surface area contributed by atoms with Crippen molar-refractivity contribution in [3.63, 3.8) is 0 Å². The second-order valence-electron chi connectivity index (χ2n) is 5.49. The molecule has 1 heterocycles. The smallest absolute Gasteiger partial charge is 0.249 e. The molecule has 1 aromatic carbocycles. The average Bonchev–Trinajstić information content (AvgIpc) is 2.49. The van der Waals surface area contributed by atoms with Gasteiger partial charge in [-0.25, -0.2) is 5.48 Å². The first-order valence-corrected chi connectivity index (χ1v) is 7.44. The van der Waals surface area contributed by atoms with Crippen LogP contribution in [0.25, 0.3) is 0 Å². The van der Waals surface area contributed by atoms with Gasteiger partial charge in [-0.1, -0.05) is 43.7 Å². The molecule has 0 unspecified atom stereocenters. The zero-order valence-corrected chi connectivity index (χ0v) is 12.2. The minimum Gasteiger partial charge on any atom is -0.317 e. The number of amides is 1. The van der Waals surface area contributed by atoms with Crippen molar-refractivity contribution >= 4 is 5.91 Å². The first-order chi connectivity index (χ1) is 9.77. The summed E-state index contributed by atoms with van der Waals surface area (Å²) in [6.07, 6.45) is 3.73. The van der Waals surface area contributed by atoms with E-state index in [4.69, 9.17) is 4.84 Å². The van der Waals surface area contributed by atoms with Gasteiger partial charge in [0.15, 0.2) is 0 Å². The summed E-state index contributed by atoms with van der Waals surface area (Å²) >= 11 is 0. The molecule has 0 saturated carbocycles. The zero-order chi connectivity index (χ0) is 14.3. The highest BCUT2D eigenvalue weighted by Gasteiger charge is 2.38. The Morgan fingerprint density at radius 1 is 1.30 bits per heavy atom. The van der Waals surface area contributed by atoms with Gasteiger partial charge in [0.1, 0.15) is 0 Å².